The van der Waals surface area contributed by atoms with E-state index in [2.05, 4.69) is 66.4 Å². The van der Waals surface area contributed by atoms with E-state index in [1.807, 2.05) is 30.3 Å². The standard InChI is InChI=1S/C30H18O2/c31-26-14-16-29-28(19-26)27(15-10-20-9-11-21-5-1-3-7-23(21)17-20)30(32-29)25-13-12-22-6-2-4-8-24(22)18-25/h1-9,11-14,16-19,31H. The minimum atomic E-state index is 0.192. The van der Waals surface area contributed by atoms with Gasteiger partial charge in [-0.05, 0) is 57.9 Å². The molecule has 6 rings (SSSR count). The number of hydrogen-bond donors (Lipinski definition) is 1. The zero-order chi connectivity index (χ0) is 21.5. The molecule has 0 aliphatic carbocycles. The molecule has 0 aliphatic heterocycles. The molecule has 0 saturated heterocycles. The predicted octanol–water partition coefficient (Wildman–Crippen LogP) is 7.51. The van der Waals surface area contributed by atoms with Gasteiger partial charge >= 0.3 is 0 Å². The minimum absolute atomic E-state index is 0.192. The summed E-state index contributed by atoms with van der Waals surface area (Å²) in [4.78, 5) is 0. The van der Waals surface area contributed by atoms with Gasteiger partial charge in [0.05, 0.1) is 5.56 Å². The van der Waals surface area contributed by atoms with Gasteiger partial charge in [0.25, 0.3) is 0 Å². The molecule has 0 radical (unpaired) electrons. The van der Waals surface area contributed by atoms with Crippen molar-refractivity contribution < 1.29 is 9.52 Å². The molecule has 150 valence electrons. The number of fused-ring (bicyclic) bond motifs is 3. The fraction of sp³-hybridized carbons (Fsp3) is 0. The van der Waals surface area contributed by atoms with Gasteiger partial charge < -0.3 is 9.52 Å². The molecule has 1 aromatic heterocycles. The van der Waals surface area contributed by atoms with Gasteiger partial charge in [-0.1, -0.05) is 78.6 Å². The molecule has 0 fully saturated rings. The number of rotatable bonds is 1. The molecular formula is C30H18O2. The summed E-state index contributed by atoms with van der Waals surface area (Å²) in [6, 6.07) is 34.1. The Balaban J connectivity index is 1.55. The monoisotopic (exact) mass is 410 g/mol. The molecule has 1 N–H and O–H groups in total. The van der Waals surface area contributed by atoms with Crippen LogP contribution in [0.25, 0.3) is 43.8 Å². The first-order valence-electron chi connectivity index (χ1n) is 10.5. The average molecular weight is 410 g/mol. The van der Waals surface area contributed by atoms with Gasteiger partial charge in [0.15, 0.2) is 5.76 Å². The summed E-state index contributed by atoms with van der Waals surface area (Å²) in [5, 5.41) is 15.6. The largest absolute Gasteiger partial charge is 0.508 e. The highest BCUT2D eigenvalue weighted by atomic mass is 16.3. The van der Waals surface area contributed by atoms with Crippen molar-refractivity contribution in [1.29, 1.82) is 0 Å². The van der Waals surface area contributed by atoms with Crippen molar-refractivity contribution >= 4 is 32.5 Å². The van der Waals surface area contributed by atoms with Crippen LogP contribution in [0.15, 0.2) is 108 Å². The van der Waals surface area contributed by atoms with E-state index in [1.165, 1.54) is 10.8 Å². The lowest BCUT2D eigenvalue weighted by Crippen LogP contribution is -1.82. The number of benzene rings is 5. The molecule has 1 heterocycles. The zero-order valence-electron chi connectivity index (χ0n) is 17.2. The Morgan fingerprint density at radius 3 is 2.06 bits per heavy atom. The highest BCUT2D eigenvalue weighted by Gasteiger charge is 2.15. The maximum Gasteiger partial charge on any atom is 0.151 e. The number of hydrogen-bond acceptors (Lipinski definition) is 2. The normalized spacial score (nSPS) is 11.0. The van der Waals surface area contributed by atoms with Crippen molar-refractivity contribution in [2.24, 2.45) is 0 Å². The van der Waals surface area contributed by atoms with Gasteiger partial charge in [0, 0.05) is 16.5 Å². The van der Waals surface area contributed by atoms with Crippen molar-refractivity contribution in [1.82, 2.24) is 0 Å². The van der Waals surface area contributed by atoms with Crippen LogP contribution in [-0.2, 0) is 0 Å². The van der Waals surface area contributed by atoms with E-state index in [4.69, 9.17) is 4.42 Å². The number of phenols is 1. The number of phenolic OH excluding ortho intramolecular Hbond substituents is 1. The van der Waals surface area contributed by atoms with Crippen LogP contribution >= 0.6 is 0 Å². The first kappa shape index (κ1) is 18.3. The molecule has 0 bridgehead atoms. The summed E-state index contributed by atoms with van der Waals surface area (Å²) in [5.74, 6) is 7.55. The molecular weight excluding hydrogens is 392 g/mol. The molecule has 0 spiro atoms. The van der Waals surface area contributed by atoms with Gasteiger partial charge in [-0.3, -0.25) is 0 Å². The highest BCUT2D eigenvalue weighted by Crippen LogP contribution is 2.36. The molecule has 2 heteroatoms. The fourth-order valence-electron chi connectivity index (χ4n) is 4.15. The smallest absolute Gasteiger partial charge is 0.151 e. The van der Waals surface area contributed by atoms with Crippen molar-refractivity contribution in [2.45, 2.75) is 0 Å². The first-order chi connectivity index (χ1) is 15.7. The van der Waals surface area contributed by atoms with E-state index in [1.54, 1.807) is 18.2 Å². The van der Waals surface area contributed by atoms with E-state index < -0.39 is 0 Å². The van der Waals surface area contributed by atoms with Gasteiger partial charge in [0.1, 0.15) is 11.3 Å². The van der Waals surface area contributed by atoms with Crippen LogP contribution in [0.4, 0.5) is 0 Å². The Morgan fingerprint density at radius 1 is 0.594 bits per heavy atom. The van der Waals surface area contributed by atoms with Crippen molar-refractivity contribution in [3.63, 3.8) is 0 Å². The molecule has 0 saturated carbocycles. The summed E-state index contributed by atoms with van der Waals surface area (Å²) in [6.45, 7) is 0. The van der Waals surface area contributed by atoms with Gasteiger partial charge in [0.2, 0.25) is 0 Å². The van der Waals surface area contributed by atoms with E-state index >= 15 is 0 Å². The maximum absolute atomic E-state index is 10.1. The molecule has 0 unspecified atom stereocenters. The first-order valence-corrected chi connectivity index (χ1v) is 10.5. The lowest BCUT2D eigenvalue weighted by Gasteiger charge is -2.02. The van der Waals surface area contributed by atoms with Crippen molar-refractivity contribution in [2.75, 3.05) is 0 Å². The van der Waals surface area contributed by atoms with Gasteiger partial charge in [-0.15, -0.1) is 0 Å². The Morgan fingerprint density at radius 2 is 1.28 bits per heavy atom. The third kappa shape index (κ3) is 3.17. The Kier molecular flexibility index (Phi) is 4.20. The number of aromatic hydroxyl groups is 1. The van der Waals surface area contributed by atoms with E-state index in [9.17, 15) is 5.11 Å². The minimum Gasteiger partial charge on any atom is -0.508 e. The van der Waals surface area contributed by atoms with E-state index in [0.29, 0.717) is 11.3 Å². The second kappa shape index (κ2) is 7.34. The van der Waals surface area contributed by atoms with Crippen molar-refractivity contribution in [3.8, 4) is 28.9 Å². The maximum atomic E-state index is 10.1. The summed E-state index contributed by atoms with van der Waals surface area (Å²) in [7, 11) is 0. The van der Waals surface area contributed by atoms with Crippen LogP contribution in [0.2, 0.25) is 0 Å². The van der Waals surface area contributed by atoms with Crippen LogP contribution in [0.5, 0.6) is 5.75 Å². The van der Waals surface area contributed by atoms with E-state index in [-0.39, 0.29) is 5.75 Å². The second-order valence-electron chi connectivity index (χ2n) is 7.86. The summed E-state index contributed by atoms with van der Waals surface area (Å²) in [6.07, 6.45) is 0. The third-order valence-corrected chi connectivity index (χ3v) is 5.76. The highest BCUT2D eigenvalue weighted by molar-refractivity contribution is 5.95. The molecule has 2 nitrogen and oxygen atoms in total. The topological polar surface area (TPSA) is 33.4 Å². The Labute approximate surface area is 185 Å². The molecule has 0 aliphatic rings. The Hall–Kier alpha value is -4.48. The van der Waals surface area contributed by atoms with Crippen LogP contribution in [0, 0.1) is 11.8 Å². The molecule has 0 atom stereocenters. The van der Waals surface area contributed by atoms with E-state index in [0.717, 1.165) is 32.8 Å². The van der Waals surface area contributed by atoms with Crippen LogP contribution in [-0.4, -0.2) is 5.11 Å². The summed E-state index contributed by atoms with van der Waals surface area (Å²) >= 11 is 0. The zero-order valence-corrected chi connectivity index (χ0v) is 17.2. The lowest BCUT2D eigenvalue weighted by atomic mass is 10.0. The number of furan rings is 1. The molecule has 32 heavy (non-hydrogen) atoms. The average Bonchev–Trinajstić information content (AvgIpc) is 3.20. The fourth-order valence-corrected chi connectivity index (χ4v) is 4.15. The van der Waals surface area contributed by atoms with Crippen LogP contribution in [0.3, 0.4) is 0 Å². The predicted molar refractivity (Wildman–Crippen MR) is 131 cm³/mol. The summed E-state index contributed by atoms with van der Waals surface area (Å²) in [5.41, 5.74) is 3.37. The van der Waals surface area contributed by atoms with Crippen molar-refractivity contribution in [3.05, 3.63) is 114 Å². The van der Waals surface area contributed by atoms with Gasteiger partial charge in [-0.2, -0.15) is 0 Å². The van der Waals surface area contributed by atoms with Crippen LogP contribution < -0.4 is 0 Å². The van der Waals surface area contributed by atoms with Gasteiger partial charge in [-0.25, -0.2) is 0 Å². The summed E-state index contributed by atoms with van der Waals surface area (Å²) < 4.78 is 6.23. The lowest BCUT2D eigenvalue weighted by molar-refractivity contribution is 0.476. The molecule has 0 amide bonds. The van der Waals surface area contributed by atoms with Crippen LogP contribution in [0.1, 0.15) is 11.1 Å². The SMILES string of the molecule is Oc1ccc2oc(-c3ccc4ccccc4c3)c(C#Cc3ccc4ccccc4c3)c2c1. The third-order valence-electron chi connectivity index (χ3n) is 5.76. The molecule has 6 aromatic rings. The molecule has 5 aromatic carbocycles. The Bertz CT molecular complexity index is 1690. The second-order valence-corrected chi connectivity index (χ2v) is 7.86. The quantitative estimate of drug-likeness (QED) is 0.285.